The number of thiazole rings is 1. The second kappa shape index (κ2) is 8.66. The highest BCUT2D eigenvalue weighted by molar-refractivity contribution is 9.10. The minimum absolute atomic E-state index is 0.0715. The lowest BCUT2D eigenvalue weighted by Gasteiger charge is -2.07. The van der Waals surface area contributed by atoms with E-state index in [2.05, 4.69) is 53.7 Å². The van der Waals surface area contributed by atoms with E-state index >= 15 is 0 Å². The molecule has 0 spiro atoms. The van der Waals surface area contributed by atoms with Gasteiger partial charge in [0, 0.05) is 21.1 Å². The van der Waals surface area contributed by atoms with E-state index in [1.54, 1.807) is 29.0 Å². The van der Waals surface area contributed by atoms with Crippen molar-refractivity contribution in [1.29, 1.82) is 0 Å². The zero-order chi connectivity index (χ0) is 21.4. The van der Waals surface area contributed by atoms with Crippen LogP contribution in [0.25, 0.3) is 31.6 Å². The molecule has 154 valence electrons. The number of hydrogen-bond acceptors (Lipinski definition) is 7. The summed E-state index contributed by atoms with van der Waals surface area (Å²) in [6, 6.07) is 14.0. The fraction of sp³-hybridized carbons (Fsp3) is 0.0909. The average Bonchev–Trinajstić information content (AvgIpc) is 3.35. The highest BCUT2D eigenvalue weighted by atomic mass is 79.9. The SMILES string of the molecule is Cc1nc2ccc(NC(=O)CSc3ncnc4scc(-c5ccc(Br)cc5)c34)cc2s1. The number of rotatable bonds is 5. The lowest BCUT2D eigenvalue weighted by Crippen LogP contribution is -2.14. The van der Waals surface area contributed by atoms with Crippen molar-refractivity contribution in [2.45, 2.75) is 11.9 Å². The number of carbonyl (C=O) groups excluding carboxylic acids is 1. The highest BCUT2D eigenvalue weighted by Crippen LogP contribution is 2.38. The molecule has 5 aromatic rings. The number of thioether (sulfide) groups is 1. The molecule has 0 saturated carbocycles. The van der Waals surface area contributed by atoms with Crippen LogP contribution >= 0.6 is 50.4 Å². The molecule has 0 radical (unpaired) electrons. The maximum absolute atomic E-state index is 12.6. The summed E-state index contributed by atoms with van der Waals surface area (Å²) in [5.41, 5.74) is 3.92. The second-order valence-electron chi connectivity index (χ2n) is 6.77. The van der Waals surface area contributed by atoms with Crippen LogP contribution < -0.4 is 5.32 Å². The number of benzene rings is 2. The normalized spacial score (nSPS) is 11.3. The summed E-state index contributed by atoms with van der Waals surface area (Å²) in [4.78, 5) is 26.9. The molecule has 0 fully saturated rings. The zero-order valence-electron chi connectivity index (χ0n) is 16.3. The van der Waals surface area contributed by atoms with Gasteiger partial charge in [-0.15, -0.1) is 22.7 Å². The number of aromatic nitrogens is 3. The predicted molar refractivity (Wildman–Crippen MR) is 134 cm³/mol. The van der Waals surface area contributed by atoms with Crippen LogP contribution in [0.3, 0.4) is 0 Å². The Bertz CT molecular complexity index is 1410. The number of thiophene rings is 1. The van der Waals surface area contributed by atoms with E-state index in [0.29, 0.717) is 0 Å². The molecule has 0 saturated heterocycles. The fourth-order valence-corrected chi connectivity index (χ4v) is 6.17. The molecule has 1 amide bonds. The Kier molecular flexibility index (Phi) is 5.75. The number of nitrogens with zero attached hydrogens (tertiary/aromatic N) is 3. The summed E-state index contributed by atoms with van der Waals surface area (Å²) >= 11 is 8.11. The number of carbonyl (C=O) groups is 1. The Balaban J connectivity index is 1.35. The molecule has 5 nitrogen and oxygen atoms in total. The molecular formula is C22H15BrN4OS3. The van der Waals surface area contributed by atoms with Crippen LogP contribution in [-0.4, -0.2) is 26.6 Å². The minimum atomic E-state index is -0.0715. The number of aryl methyl sites for hydroxylation is 1. The molecule has 3 aromatic heterocycles. The van der Waals surface area contributed by atoms with Crippen LogP contribution in [0, 0.1) is 6.92 Å². The number of fused-ring (bicyclic) bond motifs is 2. The standard InChI is InChI=1S/C22H15BrN4OS3/c1-12-26-17-7-6-15(8-18(17)31-12)27-19(28)10-30-22-20-16(9-29-21(20)24-11-25-22)13-2-4-14(23)5-3-13/h2-9,11H,10H2,1H3,(H,27,28). The Morgan fingerprint density at radius 1 is 1.16 bits per heavy atom. The number of amides is 1. The van der Waals surface area contributed by atoms with Gasteiger partial charge in [0.2, 0.25) is 5.91 Å². The summed E-state index contributed by atoms with van der Waals surface area (Å²) in [5, 5.41) is 7.90. The van der Waals surface area contributed by atoms with Crippen molar-refractivity contribution in [3.05, 3.63) is 63.7 Å². The van der Waals surface area contributed by atoms with E-state index in [1.165, 1.54) is 11.8 Å². The van der Waals surface area contributed by atoms with Gasteiger partial charge in [0.05, 0.1) is 26.4 Å². The molecular weight excluding hydrogens is 512 g/mol. The molecule has 0 aliphatic heterocycles. The van der Waals surface area contributed by atoms with Crippen LogP contribution in [0.1, 0.15) is 5.01 Å². The van der Waals surface area contributed by atoms with Gasteiger partial charge >= 0.3 is 0 Å². The molecule has 0 atom stereocenters. The fourth-order valence-electron chi connectivity index (χ4n) is 3.25. The molecule has 9 heteroatoms. The highest BCUT2D eigenvalue weighted by Gasteiger charge is 2.15. The van der Waals surface area contributed by atoms with Gasteiger partial charge in [-0.25, -0.2) is 15.0 Å². The first-order valence-corrected chi connectivity index (χ1v) is 12.8. The lowest BCUT2D eigenvalue weighted by atomic mass is 10.1. The topological polar surface area (TPSA) is 67.8 Å². The summed E-state index contributed by atoms with van der Waals surface area (Å²) in [5.74, 6) is 0.194. The molecule has 0 aliphatic rings. The predicted octanol–water partition coefficient (Wildman–Crippen LogP) is 6.77. The first-order chi connectivity index (χ1) is 15.1. The molecule has 2 aromatic carbocycles. The van der Waals surface area contributed by atoms with E-state index in [1.807, 2.05) is 37.3 Å². The van der Waals surface area contributed by atoms with Crippen LogP contribution in [0.5, 0.6) is 0 Å². The summed E-state index contributed by atoms with van der Waals surface area (Å²) in [6.45, 7) is 1.98. The monoisotopic (exact) mass is 526 g/mol. The van der Waals surface area contributed by atoms with Crippen LogP contribution in [0.15, 0.2) is 63.7 Å². The number of hydrogen-bond donors (Lipinski definition) is 1. The minimum Gasteiger partial charge on any atom is -0.325 e. The van der Waals surface area contributed by atoms with E-state index in [9.17, 15) is 4.79 Å². The van der Waals surface area contributed by atoms with E-state index < -0.39 is 0 Å². The Morgan fingerprint density at radius 2 is 2.00 bits per heavy atom. The molecule has 31 heavy (non-hydrogen) atoms. The van der Waals surface area contributed by atoms with Crippen LogP contribution in [0.2, 0.25) is 0 Å². The Morgan fingerprint density at radius 3 is 2.84 bits per heavy atom. The van der Waals surface area contributed by atoms with Crippen molar-refractivity contribution >= 4 is 82.4 Å². The van der Waals surface area contributed by atoms with Crippen LogP contribution in [0.4, 0.5) is 5.69 Å². The quantitative estimate of drug-likeness (QED) is 0.202. The van der Waals surface area contributed by atoms with Gasteiger partial charge in [-0.2, -0.15) is 0 Å². The van der Waals surface area contributed by atoms with Gasteiger partial charge in [-0.3, -0.25) is 4.79 Å². The maximum Gasteiger partial charge on any atom is 0.234 e. The first kappa shape index (κ1) is 20.6. The van der Waals surface area contributed by atoms with E-state index in [4.69, 9.17) is 0 Å². The van der Waals surface area contributed by atoms with Gasteiger partial charge in [0.25, 0.3) is 0 Å². The molecule has 5 rings (SSSR count). The van der Waals surface area contributed by atoms with Crippen molar-refractivity contribution in [3.8, 4) is 11.1 Å². The third kappa shape index (κ3) is 4.36. The summed E-state index contributed by atoms with van der Waals surface area (Å²) < 4.78 is 2.10. The molecule has 3 heterocycles. The Hall–Kier alpha value is -2.33. The second-order valence-corrected chi connectivity index (χ2v) is 10.7. The van der Waals surface area contributed by atoms with Gasteiger partial charge in [0.15, 0.2) is 0 Å². The molecule has 1 N–H and O–H groups in total. The summed E-state index contributed by atoms with van der Waals surface area (Å²) in [6.07, 6.45) is 1.56. The number of nitrogens with one attached hydrogen (secondary N) is 1. The first-order valence-electron chi connectivity index (χ1n) is 9.35. The third-order valence-corrected chi connectivity index (χ3v) is 7.95. The third-order valence-electron chi connectivity index (χ3n) is 4.61. The molecule has 0 bridgehead atoms. The largest absolute Gasteiger partial charge is 0.325 e. The smallest absolute Gasteiger partial charge is 0.234 e. The molecule has 0 aliphatic carbocycles. The van der Waals surface area contributed by atoms with Crippen molar-refractivity contribution in [2.24, 2.45) is 0 Å². The van der Waals surface area contributed by atoms with Gasteiger partial charge < -0.3 is 5.32 Å². The lowest BCUT2D eigenvalue weighted by molar-refractivity contribution is -0.113. The van der Waals surface area contributed by atoms with Gasteiger partial charge in [-0.05, 0) is 42.8 Å². The average molecular weight is 527 g/mol. The maximum atomic E-state index is 12.6. The van der Waals surface area contributed by atoms with Gasteiger partial charge in [0.1, 0.15) is 16.2 Å². The number of anilines is 1. The summed E-state index contributed by atoms with van der Waals surface area (Å²) in [7, 11) is 0. The zero-order valence-corrected chi connectivity index (χ0v) is 20.3. The van der Waals surface area contributed by atoms with Crippen molar-refractivity contribution < 1.29 is 4.79 Å². The molecule has 0 unspecified atom stereocenters. The van der Waals surface area contributed by atoms with Crippen molar-refractivity contribution in [3.63, 3.8) is 0 Å². The van der Waals surface area contributed by atoms with E-state index in [0.717, 1.165) is 51.8 Å². The number of halogens is 1. The van der Waals surface area contributed by atoms with Crippen molar-refractivity contribution in [2.75, 3.05) is 11.1 Å². The van der Waals surface area contributed by atoms with Crippen molar-refractivity contribution in [1.82, 2.24) is 15.0 Å². The van der Waals surface area contributed by atoms with E-state index in [-0.39, 0.29) is 11.7 Å². The van der Waals surface area contributed by atoms with Crippen LogP contribution in [-0.2, 0) is 4.79 Å². The Labute approximate surface area is 199 Å². The van der Waals surface area contributed by atoms with Gasteiger partial charge in [-0.1, -0.05) is 39.8 Å².